The van der Waals surface area contributed by atoms with E-state index in [-0.39, 0.29) is 5.91 Å². The van der Waals surface area contributed by atoms with Gasteiger partial charge in [-0.25, -0.2) is 0 Å². The molecule has 33 heavy (non-hydrogen) atoms. The minimum Gasteiger partial charge on any atom is -0.492 e. The molecule has 1 N–H and O–H groups in total. The number of nitrogens with one attached hydrogen (secondary N) is 1. The molecule has 170 valence electrons. The van der Waals surface area contributed by atoms with E-state index in [2.05, 4.69) is 50.4 Å². The molecular formula is C26H26BrN3O2S. The fourth-order valence-electron chi connectivity index (χ4n) is 3.74. The molecule has 0 spiro atoms. The number of carbonyl (C=O) groups is 1. The number of hydrogen-bond donors (Lipinski definition) is 1. The van der Waals surface area contributed by atoms with E-state index in [1.165, 1.54) is 11.3 Å². The van der Waals surface area contributed by atoms with E-state index in [1.807, 2.05) is 47.4 Å². The van der Waals surface area contributed by atoms with Gasteiger partial charge in [0.1, 0.15) is 5.75 Å². The first-order valence-corrected chi connectivity index (χ1v) is 12.2. The zero-order valence-electron chi connectivity index (χ0n) is 18.2. The Morgan fingerprint density at radius 2 is 1.61 bits per heavy atom. The molecule has 3 aromatic carbocycles. The van der Waals surface area contributed by atoms with E-state index in [0.717, 1.165) is 37.1 Å². The van der Waals surface area contributed by atoms with Gasteiger partial charge in [0.25, 0.3) is 5.91 Å². The molecule has 1 aliphatic heterocycles. The Labute approximate surface area is 208 Å². The summed E-state index contributed by atoms with van der Waals surface area (Å²) in [7, 11) is 0. The number of nitrogens with zero attached hydrogens (tertiary/aromatic N) is 2. The summed E-state index contributed by atoms with van der Waals surface area (Å²) >= 11 is 9.03. The largest absolute Gasteiger partial charge is 0.492 e. The first-order valence-electron chi connectivity index (χ1n) is 11.0. The number of rotatable bonds is 6. The highest BCUT2D eigenvalue weighted by Crippen LogP contribution is 2.26. The summed E-state index contributed by atoms with van der Waals surface area (Å²) in [6, 6.07) is 25.9. The van der Waals surface area contributed by atoms with Crippen LogP contribution in [0.2, 0.25) is 0 Å². The van der Waals surface area contributed by atoms with Crippen LogP contribution in [0.5, 0.6) is 5.75 Å². The predicted molar refractivity (Wildman–Crippen MR) is 140 cm³/mol. The van der Waals surface area contributed by atoms with Crippen LogP contribution < -0.4 is 15.0 Å². The molecule has 1 fully saturated rings. The molecule has 0 saturated carbocycles. The number of halogens is 1. The third kappa shape index (κ3) is 6.33. The quantitative estimate of drug-likeness (QED) is 0.465. The summed E-state index contributed by atoms with van der Waals surface area (Å²) < 4.78 is 6.62. The normalized spacial score (nSPS) is 13.5. The molecule has 0 aliphatic carbocycles. The topological polar surface area (TPSA) is 44.8 Å². The van der Waals surface area contributed by atoms with Gasteiger partial charge in [0.15, 0.2) is 5.11 Å². The molecule has 0 unspecified atom stereocenters. The maximum absolute atomic E-state index is 12.7. The summed E-state index contributed by atoms with van der Waals surface area (Å²) in [5.74, 6) is 0.490. The Balaban J connectivity index is 1.26. The van der Waals surface area contributed by atoms with Crippen molar-refractivity contribution in [2.75, 3.05) is 37.7 Å². The molecule has 1 heterocycles. The van der Waals surface area contributed by atoms with E-state index in [1.54, 1.807) is 12.1 Å². The third-order valence-corrected chi connectivity index (χ3v) is 6.57. The Kier molecular flexibility index (Phi) is 7.96. The van der Waals surface area contributed by atoms with Gasteiger partial charge in [-0.1, -0.05) is 48.5 Å². The van der Waals surface area contributed by atoms with Gasteiger partial charge in [-0.3, -0.25) is 10.1 Å². The maximum atomic E-state index is 12.7. The lowest BCUT2D eigenvalue weighted by molar-refractivity contribution is 0.0973. The molecule has 1 amide bonds. The van der Waals surface area contributed by atoms with E-state index in [9.17, 15) is 4.79 Å². The van der Waals surface area contributed by atoms with Crippen molar-refractivity contribution in [3.63, 3.8) is 0 Å². The van der Waals surface area contributed by atoms with Crippen molar-refractivity contribution in [1.29, 1.82) is 0 Å². The number of anilines is 1. The van der Waals surface area contributed by atoms with Gasteiger partial charge in [-0.15, -0.1) is 0 Å². The minimum absolute atomic E-state index is 0.220. The van der Waals surface area contributed by atoms with Crippen molar-refractivity contribution >= 4 is 44.9 Å². The zero-order chi connectivity index (χ0) is 23.0. The molecule has 0 aromatic heterocycles. The molecule has 0 bridgehead atoms. The molecule has 0 radical (unpaired) electrons. The van der Waals surface area contributed by atoms with E-state index in [0.29, 0.717) is 23.0 Å². The van der Waals surface area contributed by atoms with Crippen molar-refractivity contribution in [2.24, 2.45) is 0 Å². The molecule has 5 nitrogen and oxygen atoms in total. The number of para-hydroxylation sites is 1. The zero-order valence-corrected chi connectivity index (χ0v) is 20.6. The number of carbonyl (C=O) groups excluding carboxylic acids is 1. The van der Waals surface area contributed by atoms with E-state index >= 15 is 0 Å². The Hall–Kier alpha value is -2.90. The lowest BCUT2D eigenvalue weighted by Gasteiger charge is -2.37. The monoisotopic (exact) mass is 523 g/mol. The van der Waals surface area contributed by atoms with Gasteiger partial charge in [0.2, 0.25) is 0 Å². The summed E-state index contributed by atoms with van der Waals surface area (Å²) in [4.78, 5) is 17.1. The summed E-state index contributed by atoms with van der Waals surface area (Å²) in [5.41, 5.74) is 2.97. The second-order valence-corrected chi connectivity index (χ2v) is 9.04. The first-order chi connectivity index (χ1) is 16.1. The third-order valence-electron chi connectivity index (χ3n) is 5.59. The highest BCUT2D eigenvalue weighted by Gasteiger charge is 2.21. The molecule has 0 atom stereocenters. The Morgan fingerprint density at radius 3 is 2.27 bits per heavy atom. The van der Waals surface area contributed by atoms with Crippen molar-refractivity contribution in [1.82, 2.24) is 10.2 Å². The van der Waals surface area contributed by atoms with Gasteiger partial charge in [0, 0.05) is 43.9 Å². The lowest BCUT2D eigenvalue weighted by Crippen LogP contribution is -2.52. The summed E-state index contributed by atoms with van der Waals surface area (Å²) in [6.07, 6.45) is 0.821. The highest BCUT2D eigenvalue weighted by atomic mass is 79.9. The van der Waals surface area contributed by atoms with Crippen molar-refractivity contribution in [3.05, 3.63) is 94.5 Å². The van der Waals surface area contributed by atoms with E-state index in [4.69, 9.17) is 17.0 Å². The van der Waals surface area contributed by atoms with Crippen LogP contribution in [0.25, 0.3) is 0 Å². The Morgan fingerprint density at radius 1 is 0.939 bits per heavy atom. The van der Waals surface area contributed by atoms with Crippen LogP contribution in [-0.2, 0) is 6.42 Å². The highest BCUT2D eigenvalue weighted by molar-refractivity contribution is 9.10. The standard InChI is InChI=1S/C26H26BrN3O2S/c27-23-19-21(11-12-24(23)32-18-13-20-7-3-1-4-8-20)25(31)28-26(33)30-16-14-29(15-17-30)22-9-5-2-6-10-22/h1-12,19H,13-18H2,(H,28,31,33). The molecule has 4 rings (SSSR count). The SMILES string of the molecule is O=C(NC(=S)N1CCN(c2ccccc2)CC1)c1ccc(OCCc2ccccc2)c(Br)c1. The molecule has 3 aromatic rings. The fourth-order valence-corrected chi connectivity index (χ4v) is 4.51. The second kappa shape index (κ2) is 11.3. The maximum Gasteiger partial charge on any atom is 0.257 e. The smallest absolute Gasteiger partial charge is 0.257 e. The van der Waals surface area contributed by atoms with Gasteiger partial charge in [-0.05, 0) is 64.0 Å². The summed E-state index contributed by atoms with van der Waals surface area (Å²) in [6.45, 7) is 3.83. The predicted octanol–water partition coefficient (Wildman–Crippen LogP) is 4.91. The first kappa shape index (κ1) is 23.3. The van der Waals surface area contributed by atoms with Crippen LogP contribution in [0.3, 0.4) is 0 Å². The molecule has 7 heteroatoms. The van der Waals surface area contributed by atoms with Crippen LogP contribution in [0.1, 0.15) is 15.9 Å². The molecular weight excluding hydrogens is 498 g/mol. The lowest BCUT2D eigenvalue weighted by atomic mass is 10.2. The summed E-state index contributed by atoms with van der Waals surface area (Å²) in [5, 5.41) is 3.33. The minimum atomic E-state index is -0.220. The average molecular weight is 524 g/mol. The molecule has 1 aliphatic rings. The van der Waals surface area contributed by atoms with Gasteiger partial charge in [-0.2, -0.15) is 0 Å². The number of hydrogen-bond acceptors (Lipinski definition) is 4. The van der Waals surface area contributed by atoms with Crippen molar-refractivity contribution < 1.29 is 9.53 Å². The van der Waals surface area contributed by atoms with Gasteiger partial charge < -0.3 is 14.5 Å². The van der Waals surface area contributed by atoms with Crippen LogP contribution in [-0.4, -0.2) is 48.7 Å². The molecule has 1 saturated heterocycles. The number of piperazine rings is 1. The number of benzene rings is 3. The van der Waals surface area contributed by atoms with Crippen molar-refractivity contribution in [2.45, 2.75) is 6.42 Å². The van der Waals surface area contributed by atoms with Crippen molar-refractivity contribution in [3.8, 4) is 5.75 Å². The van der Waals surface area contributed by atoms with E-state index < -0.39 is 0 Å². The fraction of sp³-hybridized carbons (Fsp3) is 0.231. The van der Waals surface area contributed by atoms with Gasteiger partial charge in [0.05, 0.1) is 11.1 Å². The Bertz CT molecular complexity index is 1090. The van der Waals surface area contributed by atoms with Crippen LogP contribution in [0.15, 0.2) is 83.3 Å². The van der Waals surface area contributed by atoms with Crippen LogP contribution in [0, 0.1) is 0 Å². The van der Waals surface area contributed by atoms with Crippen LogP contribution >= 0.6 is 28.1 Å². The average Bonchev–Trinajstić information content (AvgIpc) is 2.86. The number of ether oxygens (including phenoxy) is 1. The van der Waals surface area contributed by atoms with Gasteiger partial charge >= 0.3 is 0 Å². The number of amides is 1. The van der Waals surface area contributed by atoms with Crippen LogP contribution in [0.4, 0.5) is 5.69 Å². The second-order valence-electron chi connectivity index (χ2n) is 7.80. The number of thiocarbonyl (C=S) groups is 1.